The molecule has 1 fully saturated rings. The molecule has 0 atom stereocenters. The van der Waals surface area contributed by atoms with Gasteiger partial charge in [-0.25, -0.2) is 8.42 Å². The van der Waals surface area contributed by atoms with Crippen LogP contribution in [0.5, 0.6) is 0 Å². The van der Waals surface area contributed by atoms with Gasteiger partial charge >= 0.3 is 6.18 Å². The molecule has 1 saturated heterocycles. The third kappa shape index (κ3) is 4.24. The van der Waals surface area contributed by atoms with E-state index in [1.165, 1.54) is 28.6 Å². The Morgan fingerprint density at radius 3 is 2.11 bits per heavy atom. The number of hydrogen-bond donors (Lipinski definition) is 1. The second kappa shape index (κ2) is 7.85. The minimum Gasteiger partial charge on any atom is -0.396 e. The first-order valence-corrected chi connectivity index (χ1v) is 10.4. The number of rotatable bonds is 5. The van der Waals surface area contributed by atoms with E-state index in [0.717, 1.165) is 6.07 Å². The lowest BCUT2D eigenvalue weighted by Gasteiger charge is -2.40. The van der Waals surface area contributed by atoms with Crippen LogP contribution in [0.3, 0.4) is 0 Å². The molecule has 0 aromatic heterocycles. The maximum Gasteiger partial charge on any atom is 0.416 e. The summed E-state index contributed by atoms with van der Waals surface area (Å²) in [6, 6.07) is 13.4. The lowest BCUT2D eigenvalue weighted by atomic mass is 9.74. The second-order valence-corrected chi connectivity index (χ2v) is 9.14. The van der Waals surface area contributed by atoms with Crippen LogP contribution in [0.2, 0.25) is 0 Å². The van der Waals surface area contributed by atoms with Crippen LogP contribution in [-0.4, -0.2) is 37.5 Å². The standard InChI is InChI=1S/C20H22F3NO3S/c21-20(22,23)18-9-5-4-6-16(18)14-19(15-25)10-12-24(13-11-19)28(26,27)17-7-2-1-3-8-17/h1-9,25H,10-15H2. The second-order valence-electron chi connectivity index (χ2n) is 7.21. The smallest absolute Gasteiger partial charge is 0.396 e. The molecule has 4 nitrogen and oxygen atoms in total. The average Bonchev–Trinajstić information content (AvgIpc) is 2.68. The van der Waals surface area contributed by atoms with Crippen LogP contribution in [-0.2, 0) is 22.6 Å². The molecule has 2 aromatic rings. The highest BCUT2D eigenvalue weighted by Gasteiger charge is 2.40. The van der Waals surface area contributed by atoms with E-state index in [0.29, 0.717) is 12.8 Å². The highest BCUT2D eigenvalue weighted by molar-refractivity contribution is 7.89. The summed E-state index contributed by atoms with van der Waals surface area (Å²) in [5, 5.41) is 9.95. The molecule has 1 heterocycles. The molecule has 28 heavy (non-hydrogen) atoms. The van der Waals surface area contributed by atoms with Crippen molar-refractivity contribution in [3.05, 3.63) is 65.7 Å². The highest BCUT2D eigenvalue weighted by atomic mass is 32.2. The predicted molar refractivity (Wildman–Crippen MR) is 99.1 cm³/mol. The van der Waals surface area contributed by atoms with Gasteiger partial charge < -0.3 is 5.11 Å². The predicted octanol–water partition coefficient (Wildman–Crippen LogP) is 3.71. The monoisotopic (exact) mass is 413 g/mol. The van der Waals surface area contributed by atoms with Crippen LogP contribution < -0.4 is 0 Å². The van der Waals surface area contributed by atoms with Gasteiger partial charge in [0.25, 0.3) is 0 Å². The molecule has 0 aliphatic carbocycles. The van der Waals surface area contributed by atoms with Crippen molar-refractivity contribution in [3.8, 4) is 0 Å². The molecular weight excluding hydrogens is 391 g/mol. The van der Waals surface area contributed by atoms with Crippen molar-refractivity contribution in [2.24, 2.45) is 5.41 Å². The summed E-state index contributed by atoms with van der Waals surface area (Å²) in [6.45, 7) is 0.0242. The van der Waals surface area contributed by atoms with Gasteiger partial charge in [-0.15, -0.1) is 0 Å². The van der Waals surface area contributed by atoms with E-state index in [4.69, 9.17) is 0 Å². The summed E-state index contributed by atoms with van der Waals surface area (Å²) in [6.07, 6.45) is -3.83. The van der Waals surface area contributed by atoms with Gasteiger partial charge in [-0.3, -0.25) is 0 Å². The van der Waals surface area contributed by atoms with Crippen LogP contribution >= 0.6 is 0 Å². The van der Waals surface area contributed by atoms with E-state index in [9.17, 15) is 26.7 Å². The number of nitrogens with zero attached hydrogens (tertiary/aromatic N) is 1. The third-order valence-electron chi connectivity index (χ3n) is 5.39. The first kappa shape index (κ1) is 20.8. The van der Waals surface area contributed by atoms with Gasteiger partial charge in [0.1, 0.15) is 0 Å². The van der Waals surface area contributed by atoms with Crippen LogP contribution in [0.1, 0.15) is 24.0 Å². The van der Waals surface area contributed by atoms with Gasteiger partial charge in [0.05, 0.1) is 10.5 Å². The van der Waals surface area contributed by atoms with E-state index in [-0.39, 0.29) is 36.6 Å². The van der Waals surface area contributed by atoms with E-state index >= 15 is 0 Å². The molecule has 0 unspecified atom stereocenters. The fourth-order valence-corrected chi connectivity index (χ4v) is 5.15. The first-order valence-electron chi connectivity index (χ1n) is 8.99. The molecule has 1 N–H and O–H groups in total. The summed E-state index contributed by atoms with van der Waals surface area (Å²) >= 11 is 0. The molecule has 0 saturated carbocycles. The van der Waals surface area contributed by atoms with Gasteiger partial charge in [0.2, 0.25) is 10.0 Å². The Morgan fingerprint density at radius 2 is 1.54 bits per heavy atom. The average molecular weight is 413 g/mol. The van der Waals surface area contributed by atoms with Crippen molar-refractivity contribution in [1.29, 1.82) is 0 Å². The highest BCUT2D eigenvalue weighted by Crippen LogP contribution is 2.40. The number of alkyl halides is 3. The largest absolute Gasteiger partial charge is 0.416 e. The zero-order valence-electron chi connectivity index (χ0n) is 15.2. The molecule has 1 aliphatic rings. The fourth-order valence-electron chi connectivity index (χ4n) is 3.69. The topological polar surface area (TPSA) is 57.6 Å². The van der Waals surface area contributed by atoms with Crippen molar-refractivity contribution in [2.75, 3.05) is 19.7 Å². The van der Waals surface area contributed by atoms with Gasteiger partial charge in [-0.2, -0.15) is 17.5 Å². The SMILES string of the molecule is O=S(=O)(c1ccccc1)N1CCC(CO)(Cc2ccccc2C(F)(F)F)CC1. The number of halogens is 3. The lowest BCUT2D eigenvalue weighted by molar-refractivity contribution is -0.138. The number of aliphatic hydroxyl groups excluding tert-OH is 1. The van der Waals surface area contributed by atoms with E-state index in [1.807, 2.05) is 0 Å². The summed E-state index contributed by atoms with van der Waals surface area (Å²) in [4.78, 5) is 0.189. The van der Waals surface area contributed by atoms with Crippen LogP contribution in [0, 0.1) is 5.41 Å². The van der Waals surface area contributed by atoms with Crippen LogP contribution in [0.25, 0.3) is 0 Å². The minimum absolute atomic E-state index is 0.0540. The van der Waals surface area contributed by atoms with Gasteiger partial charge in [-0.1, -0.05) is 36.4 Å². The number of piperidine rings is 1. The quantitative estimate of drug-likeness (QED) is 0.813. The van der Waals surface area contributed by atoms with Crippen molar-refractivity contribution < 1.29 is 26.7 Å². The normalized spacial score (nSPS) is 18.1. The van der Waals surface area contributed by atoms with Crippen LogP contribution in [0.4, 0.5) is 13.2 Å². The Morgan fingerprint density at radius 1 is 0.964 bits per heavy atom. The number of aliphatic hydroxyl groups is 1. The Hall–Kier alpha value is -1.90. The number of sulfonamides is 1. The molecule has 3 rings (SSSR count). The third-order valence-corrected chi connectivity index (χ3v) is 7.30. The summed E-state index contributed by atoms with van der Waals surface area (Å²) in [7, 11) is -3.65. The Labute approximate surface area is 162 Å². The zero-order chi connectivity index (χ0) is 20.4. The van der Waals surface area contributed by atoms with E-state index in [2.05, 4.69) is 0 Å². The number of hydrogen-bond acceptors (Lipinski definition) is 3. The molecule has 0 radical (unpaired) electrons. The Kier molecular flexibility index (Phi) is 5.84. The van der Waals surface area contributed by atoms with Crippen LogP contribution in [0.15, 0.2) is 59.5 Å². The van der Waals surface area contributed by atoms with Crippen molar-refractivity contribution in [3.63, 3.8) is 0 Å². The van der Waals surface area contributed by atoms with Crippen molar-refractivity contribution in [1.82, 2.24) is 4.31 Å². The molecule has 2 aromatic carbocycles. The van der Waals surface area contributed by atoms with Crippen molar-refractivity contribution in [2.45, 2.75) is 30.3 Å². The number of benzene rings is 2. The van der Waals surface area contributed by atoms with Gasteiger partial charge in [0.15, 0.2) is 0 Å². The van der Waals surface area contributed by atoms with E-state index < -0.39 is 27.2 Å². The summed E-state index contributed by atoms with van der Waals surface area (Å²) < 4.78 is 66.7. The van der Waals surface area contributed by atoms with Gasteiger partial charge in [0, 0.05) is 25.1 Å². The zero-order valence-corrected chi connectivity index (χ0v) is 16.0. The molecule has 0 spiro atoms. The minimum atomic E-state index is -4.47. The summed E-state index contributed by atoms with van der Waals surface area (Å²) in [5.41, 5.74) is -1.35. The molecule has 0 bridgehead atoms. The maximum atomic E-state index is 13.3. The summed E-state index contributed by atoms with van der Waals surface area (Å²) in [5.74, 6) is 0. The molecular formula is C20H22F3NO3S. The lowest BCUT2D eigenvalue weighted by Crippen LogP contribution is -2.45. The Balaban J connectivity index is 1.78. The van der Waals surface area contributed by atoms with E-state index in [1.54, 1.807) is 24.3 Å². The Bertz CT molecular complexity index is 906. The fraction of sp³-hybridized carbons (Fsp3) is 0.400. The maximum absolute atomic E-state index is 13.3. The molecule has 1 aliphatic heterocycles. The molecule has 8 heteroatoms. The molecule has 152 valence electrons. The van der Waals surface area contributed by atoms with Crippen molar-refractivity contribution >= 4 is 10.0 Å². The first-order chi connectivity index (χ1) is 13.2. The van der Waals surface area contributed by atoms with Gasteiger partial charge in [-0.05, 0) is 43.0 Å². The molecule has 0 amide bonds.